The first kappa shape index (κ1) is 13.4. The predicted octanol–water partition coefficient (Wildman–Crippen LogP) is 2.48. The minimum absolute atomic E-state index is 0.213. The van der Waals surface area contributed by atoms with Gasteiger partial charge in [0.15, 0.2) is 5.11 Å². The normalized spacial score (nSPS) is 10.1. The maximum Gasteiger partial charge on any atom is 0.318 e. The molecule has 0 saturated heterocycles. The largest absolute Gasteiger partial charge is 0.351 e. The van der Waals surface area contributed by atoms with Crippen molar-refractivity contribution in [2.75, 3.05) is 5.32 Å². The quantitative estimate of drug-likeness (QED) is 0.707. The molecule has 0 fully saturated rings. The predicted molar refractivity (Wildman–Crippen MR) is 74.2 cm³/mol. The van der Waals surface area contributed by atoms with Gasteiger partial charge in [-0.25, -0.2) is 4.79 Å². The van der Waals surface area contributed by atoms with Crippen molar-refractivity contribution >= 4 is 29.0 Å². The average Bonchev–Trinajstić information content (AvgIpc) is 2.15. The van der Waals surface area contributed by atoms with E-state index in [1.165, 1.54) is 0 Å². The van der Waals surface area contributed by atoms with Gasteiger partial charge in [0.05, 0.1) is 0 Å². The molecule has 0 aromatic heterocycles. The first-order valence-electron chi connectivity index (χ1n) is 5.38. The van der Waals surface area contributed by atoms with Crippen molar-refractivity contribution < 1.29 is 4.79 Å². The van der Waals surface area contributed by atoms with E-state index in [-0.39, 0.29) is 5.11 Å². The lowest BCUT2D eigenvalue weighted by Crippen LogP contribution is -2.38. The van der Waals surface area contributed by atoms with Gasteiger partial charge in [-0.05, 0) is 42.3 Å². The van der Waals surface area contributed by atoms with Gasteiger partial charge in [-0.3, -0.25) is 5.32 Å². The Bertz CT molecular complexity index is 443. The second-order valence-electron chi connectivity index (χ2n) is 4.19. The molecule has 0 aliphatic heterocycles. The van der Waals surface area contributed by atoms with Crippen LogP contribution in [0, 0.1) is 6.92 Å². The van der Waals surface area contributed by atoms with Gasteiger partial charge in [0.1, 0.15) is 0 Å². The van der Waals surface area contributed by atoms with E-state index < -0.39 is 6.03 Å². The van der Waals surface area contributed by atoms with Crippen LogP contribution in [0.15, 0.2) is 18.2 Å². The summed E-state index contributed by atoms with van der Waals surface area (Å²) in [5.74, 6) is 0.370. The van der Waals surface area contributed by atoms with Gasteiger partial charge in [0.25, 0.3) is 0 Å². The summed E-state index contributed by atoms with van der Waals surface area (Å²) in [6.07, 6.45) is 0. The molecule has 2 amide bonds. The van der Waals surface area contributed by atoms with Crippen LogP contribution in [0.4, 0.5) is 10.5 Å². The number of carbonyl (C=O) groups is 1. The number of primary amides is 1. The zero-order valence-corrected chi connectivity index (χ0v) is 11.0. The van der Waals surface area contributed by atoms with Crippen molar-refractivity contribution in [2.45, 2.75) is 26.7 Å². The summed E-state index contributed by atoms with van der Waals surface area (Å²) in [4.78, 5) is 10.7. The van der Waals surface area contributed by atoms with E-state index in [1.807, 2.05) is 19.1 Å². The Labute approximate surface area is 107 Å². The SMILES string of the molecule is Cc1ccc(C(C)C)c(NC(=S)NC(N)=O)c1. The highest BCUT2D eigenvalue weighted by molar-refractivity contribution is 7.80. The fourth-order valence-electron chi connectivity index (χ4n) is 1.55. The molecule has 0 saturated carbocycles. The molecule has 0 heterocycles. The molecule has 1 aromatic rings. The lowest BCUT2D eigenvalue weighted by Gasteiger charge is -2.15. The van der Waals surface area contributed by atoms with Crippen molar-refractivity contribution in [1.82, 2.24) is 5.32 Å². The van der Waals surface area contributed by atoms with Gasteiger partial charge in [0.2, 0.25) is 0 Å². The molecule has 92 valence electrons. The number of aryl methyl sites for hydroxylation is 1. The Morgan fingerprint density at radius 3 is 2.59 bits per heavy atom. The van der Waals surface area contributed by atoms with Crippen molar-refractivity contribution in [3.63, 3.8) is 0 Å². The Balaban J connectivity index is 2.92. The van der Waals surface area contributed by atoms with E-state index in [0.717, 1.165) is 16.8 Å². The van der Waals surface area contributed by atoms with Crippen LogP contribution in [-0.2, 0) is 0 Å². The summed E-state index contributed by atoms with van der Waals surface area (Å²) >= 11 is 4.98. The molecule has 0 spiro atoms. The highest BCUT2D eigenvalue weighted by atomic mass is 32.1. The van der Waals surface area contributed by atoms with Gasteiger partial charge in [-0.15, -0.1) is 0 Å². The molecule has 4 N–H and O–H groups in total. The number of nitrogens with two attached hydrogens (primary N) is 1. The number of rotatable bonds is 2. The summed E-state index contributed by atoms with van der Waals surface area (Å²) < 4.78 is 0. The van der Waals surface area contributed by atoms with Crippen LogP contribution in [0.3, 0.4) is 0 Å². The van der Waals surface area contributed by atoms with Crippen molar-refractivity contribution in [3.8, 4) is 0 Å². The van der Waals surface area contributed by atoms with E-state index in [2.05, 4.69) is 30.5 Å². The molecule has 0 radical (unpaired) electrons. The number of hydrogen-bond acceptors (Lipinski definition) is 2. The van der Waals surface area contributed by atoms with Crippen LogP contribution in [0.1, 0.15) is 30.9 Å². The van der Waals surface area contributed by atoms with Crippen LogP contribution in [0.2, 0.25) is 0 Å². The zero-order chi connectivity index (χ0) is 13.0. The van der Waals surface area contributed by atoms with E-state index >= 15 is 0 Å². The van der Waals surface area contributed by atoms with Crippen LogP contribution in [0.5, 0.6) is 0 Å². The van der Waals surface area contributed by atoms with Crippen molar-refractivity contribution in [2.24, 2.45) is 5.73 Å². The zero-order valence-electron chi connectivity index (χ0n) is 10.2. The average molecular weight is 251 g/mol. The Morgan fingerprint density at radius 2 is 2.06 bits per heavy atom. The molecule has 0 aliphatic carbocycles. The number of hydrogen-bond donors (Lipinski definition) is 3. The maximum absolute atomic E-state index is 10.7. The number of urea groups is 1. The third-order valence-electron chi connectivity index (χ3n) is 2.32. The minimum Gasteiger partial charge on any atom is -0.351 e. The molecule has 0 unspecified atom stereocenters. The molecule has 1 aromatic carbocycles. The maximum atomic E-state index is 10.7. The Morgan fingerprint density at radius 1 is 1.41 bits per heavy atom. The Kier molecular flexibility index (Phi) is 4.45. The fourth-order valence-corrected chi connectivity index (χ4v) is 1.76. The highest BCUT2D eigenvalue weighted by Crippen LogP contribution is 2.25. The summed E-state index contributed by atoms with van der Waals surface area (Å²) in [5, 5.41) is 5.53. The van der Waals surface area contributed by atoms with Crippen LogP contribution < -0.4 is 16.4 Å². The number of thiocarbonyl (C=S) groups is 1. The molecule has 1 rings (SSSR count). The number of carbonyl (C=O) groups excluding carboxylic acids is 1. The van der Waals surface area contributed by atoms with Gasteiger partial charge < -0.3 is 11.1 Å². The third kappa shape index (κ3) is 4.03. The van der Waals surface area contributed by atoms with E-state index in [0.29, 0.717) is 5.92 Å². The second kappa shape index (κ2) is 5.63. The number of benzene rings is 1. The van der Waals surface area contributed by atoms with Gasteiger partial charge in [-0.2, -0.15) is 0 Å². The molecule has 4 nitrogen and oxygen atoms in total. The summed E-state index contributed by atoms with van der Waals surface area (Å²) in [6.45, 7) is 6.20. The Hall–Kier alpha value is -1.62. The number of nitrogens with one attached hydrogen (secondary N) is 2. The van der Waals surface area contributed by atoms with E-state index in [1.54, 1.807) is 0 Å². The van der Waals surface area contributed by atoms with Crippen molar-refractivity contribution in [3.05, 3.63) is 29.3 Å². The smallest absolute Gasteiger partial charge is 0.318 e. The summed E-state index contributed by atoms with van der Waals surface area (Å²) in [6, 6.07) is 5.42. The standard InChI is InChI=1S/C12H17N3OS/c1-7(2)9-5-4-8(3)6-10(9)14-12(17)15-11(13)16/h4-7H,1-3H3,(H4,13,14,15,16,17). The monoisotopic (exact) mass is 251 g/mol. The minimum atomic E-state index is -0.666. The molecule has 0 aliphatic rings. The lowest BCUT2D eigenvalue weighted by molar-refractivity contribution is 0.253. The highest BCUT2D eigenvalue weighted by Gasteiger charge is 2.08. The van der Waals surface area contributed by atoms with Gasteiger partial charge >= 0.3 is 6.03 Å². The second-order valence-corrected chi connectivity index (χ2v) is 4.60. The summed E-state index contributed by atoms with van der Waals surface area (Å²) in [5.41, 5.74) is 8.17. The van der Waals surface area contributed by atoms with Crippen LogP contribution in [0.25, 0.3) is 0 Å². The molecule has 17 heavy (non-hydrogen) atoms. The van der Waals surface area contributed by atoms with Gasteiger partial charge in [-0.1, -0.05) is 26.0 Å². The lowest BCUT2D eigenvalue weighted by atomic mass is 9.99. The molecular formula is C12H17N3OS. The molecule has 5 heteroatoms. The van der Waals surface area contributed by atoms with Gasteiger partial charge in [0, 0.05) is 5.69 Å². The first-order valence-corrected chi connectivity index (χ1v) is 5.79. The third-order valence-corrected chi connectivity index (χ3v) is 2.52. The van der Waals surface area contributed by atoms with Crippen LogP contribution >= 0.6 is 12.2 Å². The number of amides is 2. The number of anilines is 1. The summed E-state index contributed by atoms with van der Waals surface area (Å²) in [7, 11) is 0. The van der Waals surface area contributed by atoms with Crippen LogP contribution in [-0.4, -0.2) is 11.1 Å². The molecule has 0 bridgehead atoms. The van der Waals surface area contributed by atoms with E-state index in [4.69, 9.17) is 18.0 Å². The fraction of sp³-hybridized carbons (Fsp3) is 0.333. The molecule has 0 atom stereocenters. The topological polar surface area (TPSA) is 67.2 Å². The van der Waals surface area contributed by atoms with E-state index in [9.17, 15) is 4.79 Å². The van der Waals surface area contributed by atoms with Crippen molar-refractivity contribution in [1.29, 1.82) is 0 Å². The molecular weight excluding hydrogens is 234 g/mol. The first-order chi connectivity index (χ1) is 7.90.